The van der Waals surface area contributed by atoms with Gasteiger partial charge >= 0.3 is 0 Å². The van der Waals surface area contributed by atoms with E-state index >= 15 is 0 Å². The number of hydrogen-bond donors (Lipinski definition) is 2. The Kier molecular flexibility index (Phi) is 7.17. The number of halogens is 2. The topological polar surface area (TPSA) is 64.3 Å². The molecule has 0 bridgehead atoms. The first kappa shape index (κ1) is 25.6. The van der Waals surface area contributed by atoms with Crippen molar-refractivity contribution in [2.45, 2.75) is 45.8 Å². The van der Waals surface area contributed by atoms with E-state index in [0.717, 1.165) is 29.8 Å². The van der Waals surface area contributed by atoms with Gasteiger partial charge in [-0.1, -0.05) is 35.3 Å². The highest BCUT2D eigenvalue weighted by molar-refractivity contribution is 6.35. The van der Waals surface area contributed by atoms with Crippen molar-refractivity contribution < 1.29 is 4.79 Å². The molecule has 192 valence electrons. The average molecular weight is 537 g/mol. The molecule has 1 aliphatic heterocycles. The molecule has 1 aliphatic rings. The predicted octanol–water partition coefficient (Wildman–Crippen LogP) is 7.10. The number of nitrogens with one attached hydrogen (secondary N) is 2. The molecule has 1 amide bonds. The number of carbonyl (C=O) groups is 1. The molecule has 1 fully saturated rings. The van der Waals surface area contributed by atoms with Gasteiger partial charge in [-0.15, -0.1) is 0 Å². The fourth-order valence-electron chi connectivity index (χ4n) is 5.51. The summed E-state index contributed by atoms with van der Waals surface area (Å²) in [4.78, 5) is 26.0. The van der Waals surface area contributed by atoms with Crippen molar-refractivity contribution >= 4 is 51.5 Å². The van der Waals surface area contributed by atoms with Crippen LogP contribution in [-0.2, 0) is 0 Å². The minimum Gasteiger partial charge on any atom is -0.368 e. The summed E-state index contributed by atoms with van der Waals surface area (Å²) in [6.07, 6.45) is 0. The minimum atomic E-state index is -0.277. The number of benzene rings is 3. The Labute approximate surface area is 227 Å². The number of rotatable bonds is 5. The summed E-state index contributed by atoms with van der Waals surface area (Å²) < 4.78 is 0. The highest BCUT2D eigenvalue weighted by Crippen LogP contribution is 2.32. The number of H-pyrrole nitrogens is 1. The fourth-order valence-corrected chi connectivity index (χ4v) is 5.98. The first-order valence-electron chi connectivity index (χ1n) is 12.6. The van der Waals surface area contributed by atoms with E-state index in [4.69, 9.17) is 23.2 Å². The number of carbonyl (C=O) groups excluding carboxylic acids is 1. The van der Waals surface area contributed by atoms with Crippen LogP contribution in [-0.4, -0.2) is 52.0 Å². The van der Waals surface area contributed by atoms with Gasteiger partial charge in [0.2, 0.25) is 0 Å². The number of piperazine rings is 1. The fraction of sp³-hybridized carbons (Fsp3) is 0.310. The molecule has 5 rings (SSSR count). The summed E-state index contributed by atoms with van der Waals surface area (Å²) in [5.74, 6) is 0.367. The van der Waals surface area contributed by atoms with Crippen molar-refractivity contribution in [2.75, 3.05) is 23.3 Å². The first-order chi connectivity index (χ1) is 17.7. The molecular weight excluding hydrogens is 505 g/mol. The van der Waals surface area contributed by atoms with E-state index < -0.39 is 0 Å². The zero-order valence-corrected chi connectivity index (χ0v) is 22.9. The van der Waals surface area contributed by atoms with E-state index in [9.17, 15) is 4.79 Å². The van der Waals surface area contributed by atoms with Crippen molar-refractivity contribution in [2.24, 2.45) is 0 Å². The lowest BCUT2D eigenvalue weighted by molar-refractivity contribution is 0.0953. The maximum absolute atomic E-state index is 13.1. The zero-order valence-electron chi connectivity index (χ0n) is 21.4. The third-order valence-corrected chi connectivity index (χ3v) is 7.66. The van der Waals surface area contributed by atoms with Crippen LogP contribution in [0.5, 0.6) is 0 Å². The summed E-state index contributed by atoms with van der Waals surface area (Å²) in [5, 5.41) is 3.92. The molecule has 2 atom stereocenters. The number of aromatic nitrogens is 2. The van der Waals surface area contributed by atoms with E-state index in [1.165, 1.54) is 0 Å². The molecule has 3 aromatic carbocycles. The summed E-state index contributed by atoms with van der Waals surface area (Å²) in [5.41, 5.74) is 4.54. The van der Waals surface area contributed by atoms with Crippen LogP contribution in [0.15, 0.2) is 60.7 Å². The van der Waals surface area contributed by atoms with Gasteiger partial charge < -0.3 is 15.2 Å². The molecule has 0 unspecified atom stereocenters. The lowest BCUT2D eigenvalue weighted by atomic mass is 10.0. The summed E-state index contributed by atoms with van der Waals surface area (Å²) in [6, 6.07) is 20.1. The van der Waals surface area contributed by atoms with Crippen LogP contribution in [0.2, 0.25) is 10.0 Å². The monoisotopic (exact) mass is 535 g/mol. The number of para-hydroxylation sites is 2. The van der Waals surface area contributed by atoms with Gasteiger partial charge in [-0.25, -0.2) is 4.98 Å². The molecule has 37 heavy (non-hydrogen) atoms. The minimum absolute atomic E-state index is 0.277. The van der Waals surface area contributed by atoms with Crippen LogP contribution in [0.4, 0.5) is 11.4 Å². The zero-order chi connectivity index (χ0) is 26.3. The maximum atomic E-state index is 13.1. The van der Waals surface area contributed by atoms with Crippen LogP contribution >= 0.6 is 23.2 Å². The van der Waals surface area contributed by atoms with Gasteiger partial charge in [0, 0.05) is 48.2 Å². The number of fused-ring (bicyclic) bond motifs is 1. The Balaban J connectivity index is 1.33. The van der Waals surface area contributed by atoms with Crippen molar-refractivity contribution in [1.82, 2.24) is 14.9 Å². The third-order valence-electron chi connectivity index (χ3n) is 7.01. The van der Waals surface area contributed by atoms with Crippen LogP contribution in [0.3, 0.4) is 0 Å². The van der Waals surface area contributed by atoms with Crippen LogP contribution in [0.25, 0.3) is 22.4 Å². The quantitative estimate of drug-likeness (QED) is 0.286. The number of nitrogens with zero attached hydrogens (tertiary/aromatic N) is 3. The second-order valence-corrected chi connectivity index (χ2v) is 10.9. The molecule has 4 aromatic rings. The average Bonchev–Trinajstić information content (AvgIpc) is 3.28. The normalized spacial score (nSPS) is 18.5. The molecule has 2 heterocycles. The van der Waals surface area contributed by atoms with E-state index in [1.807, 2.05) is 42.5 Å². The maximum Gasteiger partial charge on any atom is 0.257 e. The Bertz CT molecular complexity index is 1400. The van der Waals surface area contributed by atoms with Crippen LogP contribution in [0, 0.1) is 0 Å². The third kappa shape index (κ3) is 5.19. The molecular formula is C29H31Cl2N5O. The van der Waals surface area contributed by atoms with Crippen LogP contribution in [0.1, 0.15) is 38.1 Å². The summed E-state index contributed by atoms with van der Waals surface area (Å²) in [6.45, 7) is 10.8. The van der Waals surface area contributed by atoms with Gasteiger partial charge in [0.15, 0.2) is 0 Å². The highest BCUT2D eigenvalue weighted by Gasteiger charge is 2.31. The summed E-state index contributed by atoms with van der Waals surface area (Å²) in [7, 11) is 0. The SMILES string of the molecule is CC(C)N1[C@H](C)CN(c2ccc(C(=O)Nc3ccc(Cl)c(-c4nc5ccccc5[nH]4)c3)c(Cl)c2)C[C@@H]1C. The van der Waals surface area contributed by atoms with Gasteiger partial charge in [-0.3, -0.25) is 9.69 Å². The van der Waals surface area contributed by atoms with E-state index in [-0.39, 0.29) is 5.91 Å². The van der Waals surface area contributed by atoms with Crippen molar-refractivity contribution in [3.63, 3.8) is 0 Å². The lowest BCUT2D eigenvalue weighted by Crippen LogP contribution is -2.58. The Morgan fingerprint density at radius 1 is 1.00 bits per heavy atom. The second kappa shape index (κ2) is 10.4. The number of imidazole rings is 1. The number of anilines is 2. The summed E-state index contributed by atoms with van der Waals surface area (Å²) >= 11 is 13.1. The van der Waals surface area contributed by atoms with Crippen molar-refractivity contribution in [3.8, 4) is 11.4 Å². The molecule has 1 saturated heterocycles. The number of amides is 1. The largest absolute Gasteiger partial charge is 0.368 e. The number of aromatic amines is 1. The first-order valence-corrected chi connectivity index (χ1v) is 13.3. The van der Waals surface area contributed by atoms with Gasteiger partial charge in [0.05, 0.1) is 26.6 Å². The molecule has 0 aliphatic carbocycles. The van der Waals surface area contributed by atoms with E-state index in [1.54, 1.807) is 18.2 Å². The van der Waals surface area contributed by atoms with Crippen molar-refractivity contribution in [3.05, 3.63) is 76.3 Å². The van der Waals surface area contributed by atoms with Gasteiger partial charge in [0.1, 0.15) is 5.82 Å². The predicted molar refractivity (Wildman–Crippen MR) is 154 cm³/mol. The number of hydrogen-bond acceptors (Lipinski definition) is 4. The Morgan fingerprint density at radius 3 is 2.41 bits per heavy atom. The van der Waals surface area contributed by atoms with E-state index in [2.05, 4.69) is 52.8 Å². The molecule has 1 aromatic heterocycles. The molecule has 8 heteroatoms. The molecule has 0 spiro atoms. The second-order valence-electron chi connectivity index (χ2n) is 10.1. The molecule has 2 N–H and O–H groups in total. The Hall–Kier alpha value is -3.06. The standard InChI is InChI=1S/C29H31Cl2N5O/c1-17(2)36-18(3)15-35(16-19(36)4)21-10-11-22(25(31)14-21)29(37)32-20-9-12-24(30)23(13-20)28-33-26-7-5-6-8-27(26)34-28/h5-14,17-19H,15-16H2,1-4H3,(H,32,37)(H,33,34)/t18-,19+. The van der Waals surface area contributed by atoms with Gasteiger partial charge in [0.25, 0.3) is 5.91 Å². The lowest BCUT2D eigenvalue weighted by Gasteiger charge is -2.47. The van der Waals surface area contributed by atoms with Crippen LogP contribution < -0.4 is 10.2 Å². The Morgan fingerprint density at radius 2 is 1.73 bits per heavy atom. The van der Waals surface area contributed by atoms with Gasteiger partial charge in [-0.2, -0.15) is 0 Å². The molecule has 6 nitrogen and oxygen atoms in total. The molecule has 0 radical (unpaired) electrons. The smallest absolute Gasteiger partial charge is 0.257 e. The van der Waals surface area contributed by atoms with Crippen molar-refractivity contribution in [1.29, 1.82) is 0 Å². The van der Waals surface area contributed by atoms with E-state index in [0.29, 0.717) is 50.8 Å². The highest BCUT2D eigenvalue weighted by atomic mass is 35.5. The molecule has 0 saturated carbocycles. The van der Waals surface area contributed by atoms with Gasteiger partial charge in [-0.05, 0) is 76.2 Å².